The Kier molecular flexibility index (Phi) is 4.81. The van der Waals surface area contributed by atoms with Crippen LogP contribution in [0, 0.1) is 0 Å². The Morgan fingerprint density at radius 3 is 2.89 bits per heavy atom. The number of nitrogens with zero attached hydrogens (tertiary/aromatic N) is 2. The molecule has 0 saturated heterocycles. The van der Waals surface area contributed by atoms with Crippen LogP contribution in [0.3, 0.4) is 0 Å². The molecule has 1 aromatic rings. The third kappa shape index (κ3) is 5.61. The molecule has 108 valence electrons. The van der Waals surface area contributed by atoms with Crippen molar-refractivity contribution in [3.8, 4) is 0 Å². The summed E-state index contributed by atoms with van der Waals surface area (Å²) in [7, 11) is 0. The van der Waals surface area contributed by atoms with Gasteiger partial charge in [0.25, 0.3) is 0 Å². The highest BCUT2D eigenvalue weighted by Crippen LogP contribution is 2.19. The van der Waals surface area contributed by atoms with Crippen LogP contribution in [0.15, 0.2) is 12.3 Å². The van der Waals surface area contributed by atoms with E-state index in [-0.39, 0.29) is 6.61 Å². The maximum atomic E-state index is 11.9. The summed E-state index contributed by atoms with van der Waals surface area (Å²) in [5.41, 5.74) is 1.06. The van der Waals surface area contributed by atoms with Crippen molar-refractivity contribution < 1.29 is 17.9 Å². The Bertz CT molecular complexity index is 388. The number of alkyl halides is 3. The van der Waals surface area contributed by atoms with Crippen LogP contribution >= 0.6 is 0 Å². The molecule has 19 heavy (non-hydrogen) atoms. The number of aryl methyl sites for hydroxylation is 1. The van der Waals surface area contributed by atoms with Crippen molar-refractivity contribution >= 4 is 0 Å². The van der Waals surface area contributed by atoms with E-state index in [1.807, 2.05) is 10.7 Å². The van der Waals surface area contributed by atoms with Gasteiger partial charge in [-0.05, 0) is 25.3 Å². The molecule has 0 aliphatic heterocycles. The van der Waals surface area contributed by atoms with Crippen LogP contribution in [-0.4, -0.2) is 35.2 Å². The van der Waals surface area contributed by atoms with E-state index in [2.05, 4.69) is 15.2 Å². The minimum atomic E-state index is -4.24. The van der Waals surface area contributed by atoms with Gasteiger partial charge in [-0.3, -0.25) is 4.68 Å². The summed E-state index contributed by atoms with van der Waals surface area (Å²) < 4.78 is 41.9. The largest absolute Gasteiger partial charge is 0.411 e. The van der Waals surface area contributed by atoms with Gasteiger partial charge in [0.2, 0.25) is 0 Å². The van der Waals surface area contributed by atoms with E-state index in [4.69, 9.17) is 0 Å². The maximum absolute atomic E-state index is 11.9. The Morgan fingerprint density at radius 2 is 2.21 bits per heavy atom. The third-order valence-electron chi connectivity index (χ3n) is 2.88. The van der Waals surface area contributed by atoms with Crippen LogP contribution in [0.5, 0.6) is 0 Å². The van der Waals surface area contributed by atoms with Gasteiger partial charge in [0.15, 0.2) is 0 Å². The highest BCUT2D eigenvalue weighted by Gasteiger charge is 2.27. The lowest BCUT2D eigenvalue weighted by molar-refractivity contribution is -0.174. The molecule has 0 atom stereocenters. The summed E-state index contributed by atoms with van der Waals surface area (Å²) in [5, 5.41) is 7.54. The van der Waals surface area contributed by atoms with Crippen molar-refractivity contribution in [3.63, 3.8) is 0 Å². The summed E-state index contributed by atoms with van der Waals surface area (Å²) in [6, 6.07) is 2.55. The van der Waals surface area contributed by atoms with Gasteiger partial charge in [-0.1, -0.05) is 0 Å². The molecule has 0 aromatic carbocycles. The topological polar surface area (TPSA) is 39.1 Å². The summed E-state index contributed by atoms with van der Waals surface area (Å²) in [5.74, 6) is 0. The van der Waals surface area contributed by atoms with Crippen LogP contribution < -0.4 is 5.32 Å². The van der Waals surface area contributed by atoms with Gasteiger partial charge >= 0.3 is 6.18 Å². The first-order valence-electron chi connectivity index (χ1n) is 6.43. The molecule has 7 heteroatoms. The Hall–Kier alpha value is -1.08. The second kappa shape index (κ2) is 6.38. The number of halogens is 3. The smallest absolute Gasteiger partial charge is 0.372 e. The van der Waals surface area contributed by atoms with Crippen molar-refractivity contribution in [1.82, 2.24) is 15.1 Å². The summed E-state index contributed by atoms with van der Waals surface area (Å²) in [4.78, 5) is 0. The van der Waals surface area contributed by atoms with Crippen molar-refractivity contribution in [3.05, 3.63) is 18.0 Å². The summed E-state index contributed by atoms with van der Waals surface area (Å²) >= 11 is 0. The monoisotopic (exact) mass is 277 g/mol. The molecule has 0 bridgehead atoms. The number of ether oxygens (including phenoxy) is 1. The lowest BCUT2D eigenvalue weighted by Gasteiger charge is -2.09. The molecule has 1 aliphatic carbocycles. The predicted octanol–water partition coefficient (Wildman–Crippen LogP) is 2.10. The fraction of sp³-hybridized carbons (Fsp3) is 0.750. The molecule has 0 spiro atoms. The highest BCUT2D eigenvalue weighted by atomic mass is 19.4. The van der Waals surface area contributed by atoms with Crippen molar-refractivity contribution in [2.45, 2.75) is 44.6 Å². The average molecular weight is 277 g/mol. The maximum Gasteiger partial charge on any atom is 0.411 e. The molecular weight excluding hydrogens is 259 g/mol. The first kappa shape index (κ1) is 14.3. The van der Waals surface area contributed by atoms with Crippen LogP contribution in [-0.2, 0) is 17.8 Å². The van der Waals surface area contributed by atoms with Crippen LogP contribution in [0.2, 0.25) is 0 Å². The van der Waals surface area contributed by atoms with Gasteiger partial charge in [0.1, 0.15) is 6.61 Å². The zero-order chi connectivity index (χ0) is 13.7. The fourth-order valence-corrected chi connectivity index (χ4v) is 1.75. The molecule has 1 fully saturated rings. The van der Waals surface area contributed by atoms with E-state index in [1.165, 1.54) is 12.8 Å². The Labute approximate surface area is 109 Å². The molecule has 0 radical (unpaired) electrons. The highest BCUT2D eigenvalue weighted by molar-refractivity contribution is 5.01. The molecule has 2 rings (SSSR count). The first-order chi connectivity index (χ1) is 9.04. The van der Waals surface area contributed by atoms with E-state index in [9.17, 15) is 13.2 Å². The standard InChI is InChI=1S/C12H18F3N3O/c13-12(14,15)9-19-7-1-6-18-11(4-5-17-18)8-16-10-2-3-10/h4-5,10,16H,1-3,6-9H2. The molecule has 1 heterocycles. The van der Waals surface area contributed by atoms with E-state index in [1.54, 1.807) is 6.20 Å². The van der Waals surface area contributed by atoms with Gasteiger partial charge in [-0.15, -0.1) is 0 Å². The van der Waals surface area contributed by atoms with Crippen molar-refractivity contribution in [2.24, 2.45) is 0 Å². The minimum absolute atomic E-state index is 0.0921. The number of hydrogen-bond donors (Lipinski definition) is 1. The van der Waals surface area contributed by atoms with Gasteiger partial charge in [0, 0.05) is 31.9 Å². The minimum Gasteiger partial charge on any atom is -0.372 e. The summed E-state index contributed by atoms with van der Waals surface area (Å²) in [6.07, 6.45) is 0.429. The van der Waals surface area contributed by atoms with E-state index in [0.717, 1.165) is 12.2 Å². The molecule has 0 unspecified atom stereocenters. The predicted molar refractivity (Wildman–Crippen MR) is 63.6 cm³/mol. The van der Waals surface area contributed by atoms with Gasteiger partial charge in [-0.25, -0.2) is 0 Å². The second-order valence-corrected chi connectivity index (χ2v) is 4.72. The van der Waals surface area contributed by atoms with Crippen LogP contribution in [0.4, 0.5) is 13.2 Å². The molecule has 0 amide bonds. The van der Waals surface area contributed by atoms with E-state index >= 15 is 0 Å². The van der Waals surface area contributed by atoms with Crippen molar-refractivity contribution in [1.29, 1.82) is 0 Å². The van der Waals surface area contributed by atoms with Gasteiger partial charge < -0.3 is 10.1 Å². The number of aromatic nitrogens is 2. The molecular formula is C12H18F3N3O. The van der Waals surface area contributed by atoms with Crippen molar-refractivity contribution in [2.75, 3.05) is 13.2 Å². The van der Waals surface area contributed by atoms with Gasteiger partial charge in [-0.2, -0.15) is 18.3 Å². The summed E-state index contributed by atoms with van der Waals surface area (Å²) in [6.45, 7) is 0.248. The Morgan fingerprint density at radius 1 is 1.42 bits per heavy atom. The molecule has 1 N–H and O–H groups in total. The van der Waals surface area contributed by atoms with Crippen LogP contribution in [0.25, 0.3) is 0 Å². The quantitative estimate of drug-likeness (QED) is 0.740. The van der Waals surface area contributed by atoms with Crippen LogP contribution in [0.1, 0.15) is 25.0 Å². The van der Waals surface area contributed by atoms with Gasteiger partial charge in [0.05, 0.1) is 5.69 Å². The normalized spacial score (nSPS) is 15.9. The van der Waals surface area contributed by atoms with E-state index < -0.39 is 12.8 Å². The lowest BCUT2D eigenvalue weighted by atomic mass is 10.4. The van der Waals surface area contributed by atoms with E-state index in [0.29, 0.717) is 19.0 Å². The lowest BCUT2D eigenvalue weighted by Crippen LogP contribution is -2.20. The second-order valence-electron chi connectivity index (χ2n) is 4.72. The average Bonchev–Trinajstić information content (AvgIpc) is 3.05. The fourth-order valence-electron chi connectivity index (χ4n) is 1.75. The molecule has 1 aromatic heterocycles. The Balaban J connectivity index is 1.63. The zero-order valence-electron chi connectivity index (χ0n) is 10.6. The molecule has 1 aliphatic rings. The molecule has 1 saturated carbocycles. The molecule has 4 nitrogen and oxygen atoms in total. The first-order valence-corrected chi connectivity index (χ1v) is 6.43. The SMILES string of the molecule is FC(F)(F)COCCCn1nccc1CNC1CC1. The zero-order valence-corrected chi connectivity index (χ0v) is 10.6. The number of rotatable bonds is 8. The number of nitrogens with one attached hydrogen (secondary N) is 1. The number of hydrogen-bond acceptors (Lipinski definition) is 3. The third-order valence-corrected chi connectivity index (χ3v) is 2.88.